The highest BCUT2D eigenvalue weighted by atomic mass is 16.3. The maximum atomic E-state index is 11.1. The fourth-order valence-electron chi connectivity index (χ4n) is 3.32. The normalized spacial score (nSPS) is 18.3. The second-order valence-corrected chi connectivity index (χ2v) is 6.76. The van der Waals surface area contributed by atoms with Crippen LogP contribution in [0.4, 0.5) is 0 Å². The van der Waals surface area contributed by atoms with Crippen LogP contribution in [0.25, 0.3) is 0 Å². The zero-order chi connectivity index (χ0) is 19.1. The molecule has 0 radical (unpaired) electrons. The molecule has 1 aromatic carbocycles. The molecule has 1 aliphatic heterocycles. The summed E-state index contributed by atoms with van der Waals surface area (Å²) in [5.41, 5.74) is 6.54. The first kappa shape index (κ1) is 19.0. The van der Waals surface area contributed by atoms with Crippen molar-refractivity contribution in [3.8, 4) is 0 Å². The second kappa shape index (κ2) is 9.23. The Balaban J connectivity index is 1.49. The van der Waals surface area contributed by atoms with Gasteiger partial charge in [-0.25, -0.2) is 0 Å². The van der Waals surface area contributed by atoms with Gasteiger partial charge in [-0.15, -0.1) is 0 Å². The molecule has 144 valence electrons. The van der Waals surface area contributed by atoms with Crippen molar-refractivity contribution < 1.29 is 9.21 Å². The van der Waals surface area contributed by atoms with E-state index >= 15 is 0 Å². The quantitative estimate of drug-likeness (QED) is 0.532. The number of carbonyl (C=O) groups is 1. The molecule has 1 amide bonds. The Morgan fingerprint density at radius 3 is 2.81 bits per heavy atom. The number of hydrogen-bond donors (Lipinski definition) is 3. The van der Waals surface area contributed by atoms with Gasteiger partial charge < -0.3 is 20.8 Å². The van der Waals surface area contributed by atoms with Gasteiger partial charge in [0.2, 0.25) is 0 Å². The van der Waals surface area contributed by atoms with Crippen LogP contribution in [0.2, 0.25) is 0 Å². The zero-order valence-electron chi connectivity index (χ0n) is 15.6. The van der Waals surface area contributed by atoms with Crippen molar-refractivity contribution in [1.82, 2.24) is 15.5 Å². The molecule has 0 bridgehead atoms. The van der Waals surface area contributed by atoms with Gasteiger partial charge in [0.1, 0.15) is 5.76 Å². The molecule has 0 spiro atoms. The molecule has 1 fully saturated rings. The molecule has 3 rings (SSSR count). The number of nitrogens with one attached hydrogen (secondary N) is 2. The van der Waals surface area contributed by atoms with E-state index in [1.54, 1.807) is 19.2 Å². The summed E-state index contributed by atoms with van der Waals surface area (Å²) in [5, 5.41) is 6.71. The van der Waals surface area contributed by atoms with Gasteiger partial charge in [0.15, 0.2) is 11.7 Å². The van der Waals surface area contributed by atoms with Gasteiger partial charge in [0, 0.05) is 26.2 Å². The molecule has 0 aliphatic carbocycles. The molecule has 1 saturated heterocycles. The molecule has 1 unspecified atom stereocenters. The first-order valence-corrected chi connectivity index (χ1v) is 9.26. The van der Waals surface area contributed by atoms with Crippen LogP contribution in [0.3, 0.4) is 0 Å². The van der Waals surface area contributed by atoms with E-state index < -0.39 is 5.91 Å². The van der Waals surface area contributed by atoms with Crippen molar-refractivity contribution in [3.63, 3.8) is 0 Å². The number of nitrogens with zero attached hydrogens (tertiary/aromatic N) is 2. The lowest BCUT2D eigenvalue weighted by molar-refractivity contribution is 0.0972. The number of carbonyl (C=O) groups excluding carboxylic acids is 1. The van der Waals surface area contributed by atoms with Crippen LogP contribution in [0.5, 0.6) is 0 Å². The summed E-state index contributed by atoms with van der Waals surface area (Å²) >= 11 is 0. The number of primary amides is 1. The predicted octanol–water partition coefficient (Wildman–Crippen LogP) is 1.71. The molecule has 1 aromatic heterocycles. The molecular weight excluding hydrogens is 342 g/mol. The summed E-state index contributed by atoms with van der Waals surface area (Å²) in [6.07, 6.45) is 2.26. The van der Waals surface area contributed by atoms with Gasteiger partial charge in [0.05, 0.1) is 6.54 Å². The first-order chi connectivity index (χ1) is 13.1. The summed E-state index contributed by atoms with van der Waals surface area (Å²) < 4.78 is 5.39. The maximum Gasteiger partial charge on any atom is 0.284 e. The second-order valence-electron chi connectivity index (χ2n) is 6.76. The Kier molecular flexibility index (Phi) is 6.49. The number of nitrogens with two attached hydrogens (primary N) is 1. The van der Waals surface area contributed by atoms with Gasteiger partial charge in [-0.1, -0.05) is 30.3 Å². The van der Waals surface area contributed by atoms with E-state index in [4.69, 9.17) is 10.2 Å². The number of amides is 1. The number of benzene rings is 1. The first-order valence-electron chi connectivity index (χ1n) is 9.26. The van der Waals surface area contributed by atoms with Gasteiger partial charge in [-0.3, -0.25) is 14.7 Å². The number of rotatable bonds is 6. The predicted molar refractivity (Wildman–Crippen MR) is 105 cm³/mol. The van der Waals surface area contributed by atoms with E-state index in [0.29, 0.717) is 18.3 Å². The maximum absolute atomic E-state index is 11.1. The lowest BCUT2D eigenvalue weighted by Gasteiger charge is -2.33. The van der Waals surface area contributed by atoms with Gasteiger partial charge >= 0.3 is 0 Å². The Morgan fingerprint density at radius 2 is 2.11 bits per heavy atom. The zero-order valence-corrected chi connectivity index (χ0v) is 15.6. The molecule has 27 heavy (non-hydrogen) atoms. The largest absolute Gasteiger partial charge is 0.454 e. The summed E-state index contributed by atoms with van der Waals surface area (Å²) in [6.45, 7) is 3.49. The van der Waals surface area contributed by atoms with Crippen molar-refractivity contribution >= 4 is 11.9 Å². The average Bonchev–Trinajstić information content (AvgIpc) is 3.16. The van der Waals surface area contributed by atoms with Crippen LogP contribution in [-0.4, -0.2) is 42.9 Å². The number of likely N-dealkylation sites (tertiary alicyclic amines) is 1. The molecule has 1 atom stereocenters. The Hall–Kier alpha value is -2.80. The standard InChI is InChI=1S/C20H27N5O2/c1-22-20(23-12-17-9-10-18(27-17)19(21)26)24-16-8-5-11-25(14-16)13-15-6-3-2-4-7-15/h2-4,6-7,9-10,16H,5,8,11-14H2,1H3,(H2,21,26)(H2,22,23,24). The Labute approximate surface area is 159 Å². The van der Waals surface area contributed by atoms with E-state index in [-0.39, 0.29) is 5.76 Å². The highest BCUT2D eigenvalue weighted by molar-refractivity contribution is 5.89. The topological polar surface area (TPSA) is 95.9 Å². The van der Waals surface area contributed by atoms with Crippen molar-refractivity contribution in [1.29, 1.82) is 0 Å². The van der Waals surface area contributed by atoms with E-state index in [2.05, 4.69) is 44.8 Å². The lowest BCUT2D eigenvalue weighted by atomic mass is 10.0. The minimum Gasteiger partial charge on any atom is -0.454 e. The summed E-state index contributed by atoms with van der Waals surface area (Å²) in [6, 6.07) is 14.2. The fraction of sp³-hybridized carbons (Fsp3) is 0.400. The van der Waals surface area contributed by atoms with Crippen molar-refractivity contribution in [2.45, 2.75) is 32.0 Å². The number of hydrogen-bond acceptors (Lipinski definition) is 4. The van der Waals surface area contributed by atoms with Gasteiger partial charge in [-0.05, 0) is 37.1 Å². The van der Waals surface area contributed by atoms with E-state index in [1.807, 2.05) is 6.07 Å². The minimum absolute atomic E-state index is 0.165. The van der Waals surface area contributed by atoms with Crippen LogP contribution in [0.1, 0.15) is 34.7 Å². The van der Waals surface area contributed by atoms with Crippen molar-refractivity contribution in [3.05, 3.63) is 59.5 Å². The molecule has 7 nitrogen and oxygen atoms in total. The van der Waals surface area contributed by atoms with Crippen molar-refractivity contribution in [2.24, 2.45) is 10.7 Å². The van der Waals surface area contributed by atoms with E-state index in [1.165, 1.54) is 5.56 Å². The minimum atomic E-state index is -0.565. The van der Waals surface area contributed by atoms with E-state index in [0.717, 1.165) is 38.4 Å². The SMILES string of the molecule is CN=C(NCc1ccc(C(N)=O)o1)NC1CCCN(Cc2ccccc2)C1. The van der Waals surface area contributed by atoms with Crippen LogP contribution >= 0.6 is 0 Å². The average molecular weight is 369 g/mol. The van der Waals surface area contributed by atoms with Crippen LogP contribution in [0.15, 0.2) is 51.9 Å². The molecule has 0 saturated carbocycles. The Bertz CT molecular complexity index is 772. The van der Waals surface area contributed by atoms with Gasteiger partial charge in [-0.2, -0.15) is 0 Å². The lowest BCUT2D eigenvalue weighted by Crippen LogP contribution is -2.50. The monoisotopic (exact) mass is 369 g/mol. The third kappa shape index (κ3) is 5.59. The third-order valence-electron chi connectivity index (χ3n) is 4.65. The summed E-state index contributed by atoms with van der Waals surface area (Å²) in [7, 11) is 1.75. The molecule has 1 aliphatic rings. The third-order valence-corrected chi connectivity index (χ3v) is 4.65. The smallest absolute Gasteiger partial charge is 0.284 e. The van der Waals surface area contributed by atoms with Crippen LogP contribution in [0, 0.1) is 0 Å². The summed E-state index contributed by atoms with van der Waals surface area (Å²) in [5.74, 6) is 0.961. The number of furan rings is 1. The number of guanidine groups is 1. The summed E-state index contributed by atoms with van der Waals surface area (Å²) in [4.78, 5) is 17.9. The van der Waals surface area contributed by atoms with E-state index in [9.17, 15) is 4.79 Å². The van der Waals surface area contributed by atoms with Crippen LogP contribution in [-0.2, 0) is 13.1 Å². The molecule has 7 heteroatoms. The fourth-order valence-corrected chi connectivity index (χ4v) is 3.32. The molecule has 2 aromatic rings. The number of aliphatic imine (C=N–C) groups is 1. The number of piperidine rings is 1. The molecule has 2 heterocycles. The molecular formula is C20H27N5O2. The van der Waals surface area contributed by atoms with Crippen LogP contribution < -0.4 is 16.4 Å². The Morgan fingerprint density at radius 1 is 1.30 bits per heavy atom. The highest BCUT2D eigenvalue weighted by Crippen LogP contribution is 2.14. The van der Waals surface area contributed by atoms with Crippen molar-refractivity contribution in [2.75, 3.05) is 20.1 Å². The highest BCUT2D eigenvalue weighted by Gasteiger charge is 2.20. The van der Waals surface area contributed by atoms with Gasteiger partial charge in [0.25, 0.3) is 5.91 Å². The molecule has 4 N–H and O–H groups in total.